The topological polar surface area (TPSA) is 86.8 Å². The zero-order valence-electron chi connectivity index (χ0n) is 20.7. The van der Waals surface area contributed by atoms with Crippen LogP contribution in [0.4, 0.5) is 5.69 Å². The summed E-state index contributed by atoms with van der Waals surface area (Å²) in [5.74, 6) is -0.832. The van der Waals surface area contributed by atoms with Crippen molar-refractivity contribution in [3.63, 3.8) is 0 Å². The van der Waals surface area contributed by atoms with Crippen LogP contribution in [0.15, 0.2) is 82.2 Å². The third-order valence-corrected chi connectivity index (χ3v) is 8.33. The average molecular weight is 573 g/mol. The van der Waals surface area contributed by atoms with Gasteiger partial charge in [0.15, 0.2) is 0 Å². The molecule has 1 N–H and O–H groups in total. The molecule has 0 aliphatic rings. The van der Waals surface area contributed by atoms with Gasteiger partial charge in [0.1, 0.15) is 12.6 Å². The van der Waals surface area contributed by atoms with Crippen molar-refractivity contribution in [2.45, 2.75) is 38.3 Å². The number of sulfonamides is 1. The molecule has 0 unspecified atom stereocenters. The number of nitrogens with one attached hydrogen (secondary N) is 1. The highest BCUT2D eigenvalue weighted by molar-refractivity contribution is 9.10. The predicted octanol–water partition coefficient (Wildman–Crippen LogP) is 4.42. The third kappa shape index (κ3) is 6.33. The summed E-state index contributed by atoms with van der Waals surface area (Å²) in [4.78, 5) is 27.8. The van der Waals surface area contributed by atoms with Crippen molar-refractivity contribution in [2.75, 3.05) is 17.9 Å². The van der Waals surface area contributed by atoms with E-state index in [0.717, 1.165) is 25.5 Å². The van der Waals surface area contributed by atoms with E-state index in [0.29, 0.717) is 5.69 Å². The quantitative estimate of drug-likeness (QED) is 0.411. The fourth-order valence-electron chi connectivity index (χ4n) is 3.74. The standard InChI is InChI=1S/C27H30BrN3O4S/c1-19-9-15-25(16-10-19)36(34,35)31(24-13-11-23(28)12-14-24)18-26(32)30(21(3)27(33)29-4)17-22-8-6-5-7-20(22)2/h5-16,21H,17-18H2,1-4H3,(H,29,33)/t21-/m0/s1. The van der Waals surface area contributed by atoms with E-state index in [9.17, 15) is 18.0 Å². The van der Waals surface area contributed by atoms with Crippen LogP contribution in [-0.2, 0) is 26.2 Å². The fourth-order valence-corrected chi connectivity index (χ4v) is 5.41. The highest BCUT2D eigenvalue weighted by atomic mass is 79.9. The van der Waals surface area contributed by atoms with Gasteiger partial charge < -0.3 is 10.2 Å². The van der Waals surface area contributed by atoms with Crippen LogP contribution in [0.2, 0.25) is 0 Å². The number of hydrogen-bond donors (Lipinski definition) is 1. The molecule has 190 valence electrons. The lowest BCUT2D eigenvalue weighted by atomic mass is 10.1. The number of carbonyl (C=O) groups is 2. The van der Waals surface area contributed by atoms with Gasteiger partial charge in [-0.1, -0.05) is 57.9 Å². The number of aryl methyl sites for hydroxylation is 2. The molecule has 0 fully saturated rings. The van der Waals surface area contributed by atoms with E-state index in [-0.39, 0.29) is 17.3 Å². The average Bonchev–Trinajstić information content (AvgIpc) is 2.86. The van der Waals surface area contributed by atoms with Crippen molar-refractivity contribution >= 4 is 43.5 Å². The summed E-state index contributed by atoms with van der Waals surface area (Å²) in [5, 5.41) is 2.58. The van der Waals surface area contributed by atoms with Gasteiger partial charge >= 0.3 is 0 Å². The first-order valence-corrected chi connectivity index (χ1v) is 13.7. The van der Waals surface area contributed by atoms with E-state index in [1.807, 2.05) is 38.1 Å². The Kier molecular flexibility index (Phi) is 8.92. The summed E-state index contributed by atoms with van der Waals surface area (Å²) >= 11 is 3.37. The Morgan fingerprint density at radius 1 is 0.944 bits per heavy atom. The molecule has 0 aromatic heterocycles. The second-order valence-corrected chi connectivity index (χ2v) is 11.3. The van der Waals surface area contributed by atoms with Gasteiger partial charge in [0, 0.05) is 18.1 Å². The summed E-state index contributed by atoms with van der Waals surface area (Å²) in [5.41, 5.74) is 3.11. The second kappa shape index (κ2) is 11.7. The highest BCUT2D eigenvalue weighted by Crippen LogP contribution is 2.26. The van der Waals surface area contributed by atoms with E-state index < -0.39 is 28.5 Å². The number of nitrogens with zero attached hydrogens (tertiary/aromatic N) is 2. The van der Waals surface area contributed by atoms with E-state index in [2.05, 4.69) is 21.2 Å². The molecular weight excluding hydrogens is 542 g/mol. The van der Waals surface area contributed by atoms with Crippen molar-refractivity contribution < 1.29 is 18.0 Å². The van der Waals surface area contributed by atoms with Gasteiger partial charge in [0.25, 0.3) is 10.0 Å². The molecule has 3 aromatic carbocycles. The molecule has 36 heavy (non-hydrogen) atoms. The molecule has 0 radical (unpaired) electrons. The van der Waals surface area contributed by atoms with Crippen LogP contribution in [0.5, 0.6) is 0 Å². The summed E-state index contributed by atoms with van der Waals surface area (Å²) in [6.45, 7) is 5.13. The zero-order valence-corrected chi connectivity index (χ0v) is 23.1. The minimum atomic E-state index is -4.07. The number of hydrogen-bond acceptors (Lipinski definition) is 4. The molecular formula is C27H30BrN3O4S. The van der Waals surface area contributed by atoms with Gasteiger partial charge in [-0.05, 0) is 68.3 Å². The van der Waals surface area contributed by atoms with Gasteiger partial charge in [-0.3, -0.25) is 13.9 Å². The molecule has 0 saturated heterocycles. The first kappa shape index (κ1) is 27.4. The van der Waals surface area contributed by atoms with Crippen LogP contribution in [0, 0.1) is 13.8 Å². The SMILES string of the molecule is CNC(=O)[C@H](C)N(Cc1ccccc1C)C(=O)CN(c1ccc(Br)cc1)S(=O)(=O)c1ccc(C)cc1. The normalized spacial score (nSPS) is 12.0. The van der Waals surface area contributed by atoms with Gasteiger partial charge in [-0.2, -0.15) is 0 Å². The Balaban J connectivity index is 2.03. The lowest BCUT2D eigenvalue weighted by Crippen LogP contribution is -2.50. The van der Waals surface area contributed by atoms with Gasteiger partial charge in [0.2, 0.25) is 11.8 Å². The Morgan fingerprint density at radius 3 is 2.14 bits per heavy atom. The molecule has 0 bridgehead atoms. The van der Waals surface area contributed by atoms with Gasteiger partial charge in [-0.15, -0.1) is 0 Å². The molecule has 0 saturated carbocycles. The van der Waals surface area contributed by atoms with Crippen LogP contribution in [0.1, 0.15) is 23.6 Å². The molecule has 2 amide bonds. The zero-order chi connectivity index (χ0) is 26.5. The van der Waals surface area contributed by atoms with Crippen LogP contribution in [-0.4, -0.2) is 44.8 Å². The van der Waals surface area contributed by atoms with E-state index in [1.54, 1.807) is 43.3 Å². The maximum absolute atomic E-state index is 13.7. The minimum Gasteiger partial charge on any atom is -0.357 e. The predicted molar refractivity (Wildman–Crippen MR) is 145 cm³/mol. The van der Waals surface area contributed by atoms with Crippen LogP contribution < -0.4 is 9.62 Å². The van der Waals surface area contributed by atoms with E-state index in [4.69, 9.17) is 0 Å². The molecule has 0 aliphatic carbocycles. The molecule has 3 rings (SSSR count). The number of anilines is 1. The number of benzene rings is 3. The highest BCUT2D eigenvalue weighted by Gasteiger charge is 2.32. The number of likely N-dealkylation sites (N-methyl/N-ethyl adjacent to an activating group) is 1. The number of carbonyl (C=O) groups excluding carboxylic acids is 2. The third-order valence-electron chi connectivity index (χ3n) is 6.02. The number of rotatable bonds is 9. The lowest BCUT2D eigenvalue weighted by molar-refractivity contribution is -0.139. The van der Waals surface area contributed by atoms with E-state index >= 15 is 0 Å². The monoisotopic (exact) mass is 571 g/mol. The van der Waals surface area contributed by atoms with Crippen molar-refractivity contribution in [3.8, 4) is 0 Å². The largest absolute Gasteiger partial charge is 0.357 e. The van der Waals surface area contributed by atoms with Crippen molar-refractivity contribution in [1.82, 2.24) is 10.2 Å². The number of halogens is 1. The molecule has 0 spiro atoms. The molecule has 7 nitrogen and oxygen atoms in total. The van der Waals surface area contributed by atoms with Crippen molar-refractivity contribution in [2.24, 2.45) is 0 Å². The maximum Gasteiger partial charge on any atom is 0.264 e. The minimum absolute atomic E-state index is 0.0774. The smallest absolute Gasteiger partial charge is 0.264 e. The molecule has 9 heteroatoms. The molecule has 0 heterocycles. The Hall–Kier alpha value is -3.17. The first-order chi connectivity index (χ1) is 17.0. The molecule has 1 atom stereocenters. The summed E-state index contributed by atoms with van der Waals surface area (Å²) in [7, 11) is -2.57. The van der Waals surface area contributed by atoms with Crippen LogP contribution in [0.25, 0.3) is 0 Å². The van der Waals surface area contributed by atoms with E-state index in [1.165, 1.54) is 24.1 Å². The molecule has 0 aliphatic heterocycles. The van der Waals surface area contributed by atoms with Crippen molar-refractivity contribution in [1.29, 1.82) is 0 Å². The van der Waals surface area contributed by atoms with Crippen molar-refractivity contribution in [3.05, 3.63) is 94.0 Å². The second-order valence-electron chi connectivity index (χ2n) is 8.54. The first-order valence-electron chi connectivity index (χ1n) is 11.4. The summed E-state index contributed by atoms with van der Waals surface area (Å²) in [6, 6.07) is 20.0. The fraction of sp³-hybridized carbons (Fsp3) is 0.259. The maximum atomic E-state index is 13.7. The Bertz CT molecular complexity index is 1330. The Labute approximate surface area is 221 Å². The Morgan fingerprint density at radius 2 is 1.56 bits per heavy atom. The summed E-state index contributed by atoms with van der Waals surface area (Å²) in [6.07, 6.45) is 0. The van der Waals surface area contributed by atoms with Gasteiger partial charge in [0.05, 0.1) is 10.6 Å². The lowest BCUT2D eigenvalue weighted by Gasteiger charge is -2.32. The van der Waals surface area contributed by atoms with Crippen LogP contribution in [0.3, 0.4) is 0 Å². The van der Waals surface area contributed by atoms with Gasteiger partial charge in [-0.25, -0.2) is 8.42 Å². The van der Waals surface area contributed by atoms with Crippen LogP contribution >= 0.6 is 15.9 Å². The number of amides is 2. The summed E-state index contributed by atoms with van der Waals surface area (Å²) < 4.78 is 29.3. The molecule has 3 aromatic rings.